The van der Waals surface area contributed by atoms with Gasteiger partial charge in [0.2, 0.25) is 0 Å². The third kappa shape index (κ3) is 4.57. The lowest BCUT2D eigenvalue weighted by atomic mass is 10.1. The van der Waals surface area contributed by atoms with Gasteiger partial charge in [-0.15, -0.1) is 0 Å². The van der Waals surface area contributed by atoms with Crippen LogP contribution in [0.3, 0.4) is 0 Å². The van der Waals surface area contributed by atoms with Crippen LogP contribution in [0.15, 0.2) is 54.7 Å². The average Bonchev–Trinajstić information content (AvgIpc) is 3.06. The summed E-state index contributed by atoms with van der Waals surface area (Å²) in [6.45, 7) is 0.278. The van der Waals surface area contributed by atoms with E-state index >= 15 is 0 Å². The molecule has 0 unspecified atom stereocenters. The predicted molar refractivity (Wildman–Crippen MR) is 97.5 cm³/mol. The number of rotatable bonds is 8. The number of aromatic nitrogens is 1. The van der Waals surface area contributed by atoms with Gasteiger partial charge >= 0.3 is 5.97 Å². The van der Waals surface area contributed by atoms with Crippen molar-refractivity contribution in [3.8, 4) is 0 Å². The molecule has 5 heteroatoms. The number of carbonyl (C=O) groups excluding carboxylic acids is 2. The van der Waals surface area contributed by atoms with Crippen LogP contribution in [0.25, 0.3) is 10.9 Å². The Hall–Kier alpha value is -2.95. The zero-order valence-corrected chi connectivity index (χ0v) is 14.3. The van der Waals surface area contributed by atoms with E-state index in [2.05, 4.69) is 4.98 Å². The maximum atomic E-state index is 13.4. The van der Waals surface area contributed by atoms with E-state index in [-0.39, 0.29) is 37.0 Å². The molecule has 2 aromatic carbocycles. The highest BCUT2D eigenvalue weighted by molar-refractivity contribution is 5.97. The lowest BCUT2D eigenvalue weighted by molar-refractivity contribution is -0.143. The first-order valence-corrected chi connectivity index (χ1v) is 8.63. The number of aryl methyl sites for hydroxylation is 1. The SMILES string of the molecule is O=C(CCC(=O)c1ccccc1)OCCCc1c[nH]c2ccc(F)cc12. The van der Waals surface area contributed by atoms with Crippen molar-refractivity contribution in [2.45, 2.75) is 25.7 Å². The smallest absolute Gasteiger partial charge is 0.306 e. The first-order valence-electron chi connectivity index (χ1n) is 8.63. The van der Waals surface area contributed by atoms with Crippen LogP contribution in [0.4, 0.5) is 4.39 Å². The van der Waals surface area contributed by atoms with Gasteiger partial charge in [0.1, 0.15) is 5.82 Å². The van der Waals surface area contributed by atoms with Gasteiger partial charge in [0.05, 0.1) is 13.0 Å². The minimum atomic E-state index is -0.376. The topological polar surface area (TPSA) is 59.2 Å². The molecule has 0 saturated carbocycles. The van der Waals surface area contributed by atoms with Gasteiger partial charge < -0.3 is 9.72 Å². The van der Waals surface area contributed by atoms with Crippen LogP contribution in [0.1, 0.15) is 35.2 Å². The summed E-state index contributed by atoms with van der Waals surface area (Å²) in [5.74, 6) is -0.713. The maximum Gasteiger partial charge on any atom is 0.306 e. The fourth-order valence-corrected chi connectivity index (χ4v) is 2.86. The Morgan fingerprint density at radius 3 is 2.65 bits per heavy atom. The third-order valence-electron chi connectivity index (χ3n) is 4.23. The number of hydrogen-bond donors (Lipinski definition) is 1. The molecule has 134 valence electrons. The molecular formula is C21H20FNO3. The molecule has 1 N–H and O–H groups in total. The van der Waals surface area contributed by atoms with Crippen LogP contribution < -0.4 is 0 Å². The van der Waals surface area contributed by atoms with E-state index in [1.807, 2.05) is 12.3 Å². The largest absolute Gasteiger partial charge is 0.466 e. The van der Waals surface area contributed by atoms with E-state index in [4.69, 9.17) is 4.74 Å². The summed E-state index contributed by atoms with van der Waals surface area (Å²) in [6.07, 6.45) is 3.39. The number of carbonyl (C=O) groups is 2. The molecule has 26 heavy (non-hydrogen) atoms. The fourth-order valence-electron chi connectivity index (χ4n) is 2.86. The van der Waals surface area contributed by atoms with Crippen LogP contribution in [0.2, 0.25) is 0 Å². The molecule has 0 aliphatic carbocycles. The van der Waals surface area contributed by atoms with Crippen molar-refractivity contribution in [1.82, 2.24) is 4.98 Å². The van der Waals surface area contributed by atoms with E-state index in [9.17, 15) is 14.0 Å². The highest BCUT2D eigenvalue weighted by atomic mass is 19.1. The Balaban J connectivity index is 1.40. The van der Waals surface area contributed by atoms with Gasteiger partial charge in [-0.1, -0.05) is 30.3 Å². The van der Waals surface area contributed by atoms with Crippen molar-refractivity contribution in [3.05, 3.63) is 71.7 Å². The first-order chi connectivity index (χ1) is 12.6. The van der Waals surface area contributed by atoms with Crippen molar-refractivity contribution < 1.29 is 18.7 Å². The second-order valence-corrected chi connectivity index (χ2v) is 6.12. The number of aromatic amines is 1. The van der Waals surface area contributed by atoms with Crippen LogP contribution >= 0.6 is 0 Å². The van der Waals surface area contributed by atoms with Crippen LogP contribution in [0, 0.1) is 5.82 Å². The molecule has 0 aliphatic heterocycles. The number of esters is 1. The summed E-state index contributed by atoms with van der Waals surface area (Å²) in [6, 6.07) is 13.5. The highest BCUT2D eigenvalue weighted by Crippen LogP contribution is 2.20. The molecule has 0 atom stereocenters. The quantitative estimate of drug-likeness (QED) is 0.370. The van der Waals surface area contributed by atoms with E-state index in [1.165, 1.54) is 12.1 Å². The van der Waals surface area contributed by atoms with Crippen LogP contribution in [-0.2, 0) is 16.0 Å². The second kappa shape index (κ2) is 8.43. The summed E-state index contributed by atoms with van der Waals surface area (Å²) in [5, 5.41) is 0.852. The zero-order valence-electron chi connectivity index (χ0n) is 14.3. The Bertz CT molecular complexity index is 902. The number of nitrogens with one attached hydrogen (secondary N) is 1. The molecule has 3 rings (SSSR count). The number of ether oxygens (including phenoxy) is 1. The minimum Gasteiger partial charge on any atom is -0.466 e. The third-order valence-corrected chi connectivity index (χ3v) is 4.23. The van der Waals surface area contributed by atoms with Crippen LogP contribution in [-0.4, -0.2) is 23.3 Å². The molecule has 0 radical (unpaired) electrons. The number of ketones is 1. The molecular weight excluding hydrogens is 333 g/mol. The zero-order chi connectivity index (χ0) is 18.4. The highest BCUT2D eigenvalue weighted by Gasteiger charge is 2.10. The standard InChI is InChI=1S/C21H20FNO3/c22-17-8-9-19-18(13-17)16(14-23-19)7-4-12-26-21(25)11-10-20(24)15-5-2-1-3-6-15/h1-3,5-6,8-9,13-14,23H,4,7,10-12H2. The van der Waals surface area contributed by atoms with Gasteiger partial charge in [0, 0.05) is 29.1 Å². The van der Waals surface area contributed by atoms with Crippen molar-refractivity contribution in [1.29, 1.82) is 0 Å². The molecule has 0 saturated heterocycles. The predicted octanol–water partition coefficient (Wildman–Crippen LogP) is 4.45. The summed E-state index contributed by atoms with van der Waals surface area (Å²) < 4.78 is 18.5. The van der Waals surface area contributed by atoms with Gasteiger partial charge in [-0.25, -0.2) is 4.39 Å². The van der Waals surface area contributed by atoms with Crippen molar-refractivity contribution >= 4 is 22.7 Å². The van der Waals surface area contributed by atoms with Crippen molar-refractivity contribution in [3.63, 3.8) is 0 Å². The summed E-state index contributed by atoms with van der Waals surface area (Å²) >= 11 is 0. The number of fused-ring (bicyclic) bond motifs is 1. The Morgan fingerprint density at radius 2 is 1.85 bits per heavy atom. The number of Topliss-reactive ketones (excluding diaryl/α,β-unsaturated/α-hetero) is 1. The Labute approximate surface area is 151 Å². The Morgan fingerprint density at radius 1 is 1.04 bits per heavy atom. The van der Waals surface area contributed by atoms with Gasteiger partial charge in [-0.2, -0.15) is 0 Å². The molecule has 3 aromatic rings. The lowest BCUT2D eigenvalue weighted by Crippen LogP contribution is -2.09. The molecule has 4 nitrogen and oxygen atoms in total. The van der Waals surface area contributed by atoms with Crippen LogP contribution in [0.5, 0.6) is 0 Å². The maximum absolute atomic E-state index is 13.4. The van der Waals surface area contributed by atoms with Gasteiger partial charge in [0.15, 0.2) is 5.78 Å². The average molecular weight is 353 g/mol. The molecule has 1 heterocycles. The molecule has 0 amide bonds. The summed E-state index contributed by atoms with van der Waals surface area (Å²) in [5.41, 5.74) is 2.49. The number of H-pyrrole nitrogens is 1. The van der Waals surface area contributed by atoms with E-state index in [0.29, 0.717) is 18.4 Å². The normalized spacial score (nSPS) is 10.8. The van der Waals surface area contributed by atoms with Gasteiger partial charge in [-0.3, -0.25) is 9.59 Å². The molecule has 0 fully saturated rings. The molecule has 0 aliphatic rings. The lowest BCUT2D eigenvalue weighted by Gasteiger charge is -2.05. The monoisotopic (exact) mass is 353 g/mol. The molecule has 0 bridgehead atoms. The number of hydrogen-bond acceptors (Lipinski definition) is 3. The van der Waals surface area contributed by atoms with Gasteiger partial charge in [-0.05, 0) is 36.6 Å². The molecule has 1 aromatic heterocycles. The van der Waals surface area contributed by atoms with E-state index < -0.39 is 0 Å². The summed E-state index contributed by atoms with van der Waals surface area (Å²) in [4.78, 5) is 26.8. The summed E-state index contributed by atoms with van der Waals surface area (Å²) in [7, 11) is 0. The number of halogens is 1. The minimum absolute atomic E-state index is 0.0663. The van der Waals surface area contributed by atoms with Crippen molar-refractivity contribution in [2.24, 2.45) is 0 Å². The Kier molecular flexibility index (Phi) is 5.79. The van der Waals surface area contributed by atoms with Crippen molar-refractivity contribution in [2.75, 3.05) is 6.61 Å². The first kappa shape index (κ1) is 17.9. The van der Waals surface area contributed by atoms with Gasteiger partial charge in [0.25, 0.3) is 0 Å². The second-order valence-electron chi connectivity index (χ2n) is 6.12. The van der Waals surface area contributed by atoms with E-state index in [1.54, 1.807) is 30.3 Å². The van der Waals surface area contributed by atoms with E-state index in [0.717, 1.165) is 16.5 Å². The fraction of sp³-hybridized carbons (Fsp3) is 0.238. The number of benzene rings is 2. The molecule has 0 spiro atoms.